The van der Waals surface area contributed by atoms with Crippen LogP contribution in [0.5, 0.6) is 0 Å². The Morgan fingerprint density at radius 1 is 1.00 bits per heavy atom. The van der Waals surface area contributed by atoms with Crippen molar-refractivity contribution in [1.29, 1.82) is 0 Å². The molecule has 0 atom stereocenters. The van der Waals surface area contributed by atoms with Crippen molar-refractivity contribution in [2.75, 3.05) is 0 Å². The molecule has 0 aliphatic rings. The van der Waals surface area contributed by atoms with Crippen molar-refractivity contribution in [2.45, 2.75) is 26.2 Å². The monoisotopic (exact) mass is 346 g/mol. The summed E-state index contributed by atoms with van der Waals surface area (Å²) in [4.78, 5) is 4.69. The van der Waals surface area contributed by atoms with E-state index in [4.69, 9.17) is 23.2 Å². The molecule has 4 nitrogen and oxygen atoms in total. The number of imidazole rings is 1. The van der Waals surface area contributed by atoms with Crippen LogP contribution in [0.15, 0.2) is 52.8 Å². The Hall–Kier alpha value is -1.91. The number of hydrogen-bond donors (Lipinski definition) is 0. The highest BCUT2D eigenvalue weighted by molar-refractivity contribution is 6.42. The fourth-order valence-electron chi connectivity index (χ4n) is 2.23. The van der Waals surface area contributed by atoms with Crippen LogP contribution in [0.4, 0.5) is 11.5 Å². The quantitative estimate of drug-likeness (QED) is 0.498. The summed E-state index contributed by atoms with van der Waals surface area (Å²) >= 11 is 11.9. The van der Waals surface area contributed by atoms with Gasteiger partial charge in [0.25, 0.3) is 0 Å². The minimum Gasteiger partial charge on any atom is -0.283 e. The third-order valence-electron chi connectivity index (χ3n) is 3.38. The lowest BCUT2D eigenvalue weighted by molar-refractivity contribution is 0.574. The molecule has 118 valence electrons. The van der Waals surface area contributed by atoms with Gasteiger partial charge in [0.2, 0.25) is 0 Å². The van der Waals surface area contributed by atoms with Gasteiger partial charge >= 0.3 is 0 Å². The third kappa shape index (κ3) is 3.23. The molecule has 6 heteroatoms. The Morgan fingerprint density at radius 3 is 2.48 bits per heavy atom. The second-order valence-electron chi connectivity index (χ2n) is 6.26. The molecule has 3 rings (SSSR count). The molecule has 0 spiro atoms. The number of fused-ring (bicyclic) bond motifs is 1. The Bertz CT molecular complexity index is 891. The van der Waals surface area contributed by atoms with Crippen molar-refractivity contribution in [3.63, 3.8) is 0 Å². The Labute approximate surface area is 144 Å². The molecule has 0 bridgehead atoms. The molecule has 1 aromatic carbocycles. The molecule has 0 amide bonds. The number of rotatable bonds is 2. The van der Waals surface area contributed by atoms with Crippen molar-refractivity contribution in [3.05, 3.63) is 58.3 Å². The number of halogens is 2. The number of nitrogens with zero attached hydrogens (tertiary/aromatic N) is 4. The van der Waals surface area contributed by atoms with Gasteiger partial charge in [-0.25, -0.2) is 4.98 Å². The lowest BCUT2D eigenvalue weighted by Gasteiger charge is -2.15. The number of hydrogen-bond acceptors (Lipinski definition) is 3. The first-order valence-corrected chi connectivity index (χ1v) is 7.96. The van der Waals surface area contributed by atoms with Crippen LogP contribution in [-0.2, 0) is 5.41 Å². The molecule has 2 aromatic heterocycles. The normalized spacial score (nSPS) is 12.4. The van der Waals surface area contributed by atoms with Gasteiger partial charge in [0.05, 0.1) is 21.4 Å². The highest BCUT2D eigenvalue weighted by Crippen LogP contribution is 2.33. The number of pyridine rings is 1. The fourth-order valence-corrected chi connectivity index (χ4v) is 2.53. The summed E-state index contributed by atoms with van der Waals surface area (Å²) in [7, 11) is 0. The minimum atomic E-state index is -0.141. The molecule has 0 unspecified atom stereocenters. The van der Waals surface area contributed by atoms with Crippen LogP contribution in [0.2, 0.25) is 10.0 Å². The lowest BCUT2D eigenvalue weighted by atomic mass is 9.92. The van der Waals surface area contributed by atoms with E-state index in [1.807, 2.05) is 28.8 Å². The van der Waals surface area contributed by atoms with Crippen molar-refractivity contribution in [3.8, 4) is 0 Å². The summed E-state index contributed by atoms with van der Waals surface area (Å²) in [6, 6.07) is 11.0. The van der Waals surface area contributed by atoms with Crippen LogP contribution >= 0.6 is 23.2 Å². The van der Waals surface area contributed by atoms with E-state index in [0.717, 1.165) is 17.2 Å². The van der Waals surface area contributed by atoms with Gasteiger partial charge in [-0.1, -0.05) is 50.0 Å². The van der Waals surface area contributed by atoms with Crippen LogP contribution in [0.1, 0.15) is 26.5 Å². The first-order chi connectivity index (χ1) is 10.9. The van der Waals surface area contributed by atoms with Gasteiger partial charge in [0.1, 0.15) is 5.65 Å². The lowest BCUT2D eigenvalue weighted by Crippen LogP contribution is -2.11. The number of aromatic nitrogens is 2. The minimum absolute atomic E-state index is 0.141. The van der Waals surface area contributed by atoms with E-state index in [0.29, 0.717) is 15.7 Å². The van der Waals surface area contributed by atoms with Crippen molar-refractivity contribution >= 4 is 40.4 Å². The Balaban J connectivity index is 2.11. The van der Waals surface area contributed by atoms with E-state index in [-0.39, 0.29) is 5.41 Å². The molecule has 3 aromatic rings. The standard InChI is InChI=1S/C17H16Cl2N4/c1-17(2,3)15-16(23-9-5-4-6-14(23)20-15)22-21-11-7-8-12(18)13(19)10-11/h4-10H,1-3H3. The van der Waals surface area contributed by atoms with E-state index in [1.54, 1.807) is 18.2 Å². The molecule has 0 aliphatic heterocycles. The maximum Gasteiger partial charge on any atom is 0.183 e. The Kier molecular flexibility index (Phi) is 4.13. The van der Waals surface area contributed by atoms with Gasteiger partial charge < -0.3 is 0 Å². The maximum atomic E-state index is 6.02. The molecular formula is C17H16Cl2N4. The van der Waals surface area contributed by atoms with Gasteiger partial charge in [0, 0.05) is 11.6 Å². The van der Waals surface area contributed by atoms with Crippen LogP contribution in [0.3, 0.4) is 0 Å². The van der Waals surface area contributed by atoms with Gasteiger partial charge in [0.15, 0.2) is 5.82 Å². The average Bonchev–Trinajstić information content (AvgIpc) is 2.87. The molecule has 0 saturated carbocycles. The van der Waals surface area contributed by atoms with E-state index in [9.17, 15) is 0 Å². The largest absolute Gasteiger partial charge is 0.283 e. The van der Waals surface area contributed by atoms with Crippen LogP contribution in [0.25, 0.3) is 5.65 Å². The zero-order valence-electron chi connectivity index (χ0n) is 13.1. The summed E-state index contributed by atoms with van der Waals surface area (Å²) in [5.41, 5.74) is 2.25. The van der Waals surface area contributed by atoms with Crippen LogP contribution in [-0.4, -0.2) is 9.38 Å². The van der Waals surface area contributed by atoms with E-state index >= 15 is 0 Å². The smallest absolute Gasteiger partial charge is 0.183 e. The molecule has 0 N–H and O–H groups in total. The zero-order valence-corrected chi connectivity index (χ0v) is 14.6. The first-order valence-electron chi connectivity index (χ1n) is 7.20. The molecule has 0 radical (unpaired) electrons. The molecule has 0 saturated heterocycles. The highest BCUT2D eigenvalue weighted by Gasteiger charge is 2.23. The van der Waals surface area contributed by atoms with E-state index in [1.165, 1.54) is 0 Å². The van der Waals surface area contributed by atoms with Crippen molar-refractivity contribution in [2.24, 2.45) is 10.2 Å². The van der Waals surface area contributed by atoms with Crippen molar-refractivity contribution < 1.29 is 0 Å². The van der Waals surface area contributed by atoms with Gasteiger partial charge in [-0.05, 0) is 30.3 Å². The summed E-state index contributed by atoms with van der Waals surface area (Å²) in [6.07, 6.45) is 1.93. The topological polar surface area (TPSA) is 42.0 Å². The van der Waals surface area contributed by atoms with E-state index in [2.05, 4.69) is 36.0 Å². The zero-order chi connectivity index (χ0) is 16.6. The highest BCUT2D eigenvalue weighted by atomic mass is 35.5. The van der Waals surface area contributed by atoms with Gasteiger partial charge in [-0.3, -0.25) is 4.40 Å². The predicted molar refractivity (Wildman–Crippen MR) is 94.5 cm³/mol. The summed E-state index contributed by atoms with van der Waals surface area (Å²) in [6.45, 7) is 6.31. The SMILES string of the molecule is CC(C)(C)c1nc2ccccn2c1N=Nc1ccc(Cl)c(Cl)c1. The average molecular weight is 347 g/mol. The van der Waals surface area contributed by atoms with Crippen LogP contribution < -0.4 is 0 Å². The maximum absolute atomic E-state index is 6.02. The molecule has 2 heterocycles. The second kappa shape index (κ2) is 5.95. The molecular weight excluding hydrogens is 331 g/mol. The number of azo groups is 1. The summed E-state index contributed by atoms with van der Waals surface area (Å²) in [5, 5.41) is 9.67. The molecule has 0 fully saturated rings. The number of benzene rings is 1. The Morgan fingerprint density at radius 2 is 1.78 bits per heavy atom. The van der Waals surface area contributed by atoms with Gasteiger partial charge in [-0.15, -0.1) is 10.2 Å². The second-order valence-corrected chi connectivity index (χ2v) is 7.08. The molecule has 0 aliphatic carbocycles. The third-order valence-corrected chi connectivity index (χ3v) is 4.12. The van der Waals surface area contributed by atoms with Crippen molar-refractivity contribution in [1.82, 2.24) is 9.38 Å². The fraction of sp³-hybridized carbons (Fsp3) is 0.235. The summed E-state index contributed by atoms with van der Waals surface area (Å²) in [5.74, 6) is 0.721. The summed E-state index contributed by atoms with van der Waals surface area (Å²) < 4.78 is 1.93. The molecule has 23 heavy (non-hydrogen) atoms. The van der Waals surface area contributed by atoms with Gasteiger partial charge in [-0.2, -0.15) is 0 Å². The van der Waals surface area contributed by atoms with Crippen LogP contribution in [0, 0.1) is 0 Å². The first kappa shape index (κ1) is 16.0. The van der Waals surface area contributed by atoms with E-state index < -0.39 is 0 Å². The predicted octanol–water partition coefficient (Wildman–Crippen LogP) is 6.35.